The van der Waals surface area contributed by atoms with Crippen LogP contribution in [0, 0.1) is 0 Å². The van der Waals surface area contributed by atoms with E-state index < -0.39 is 0 Å². The van der Waals surface area contributed by atoms with E-state index in [1.807, 2.05) is 0 Å². The molecule has 0 nitrogen and oxygen atoms in total. The van der Waals surface area contributed by atoms with E-state index in [0.717, 1.165) is 11.3 Å². The third kappa shape index (κ3) is 4.30. The van der Waals surface area contributed by atoms with Crippen LogP contribution < -0.4 is 0 Å². The largest absolute Gasteiger partial charge is 0.116 e. The molecule has 0 aromatic heterocycles. The van der Waals surface area contributed by atoms with Gasteiger partial charge in [0.2, 0.25) is 0 Å². The topological polar surface area (TPSA) is 0 Å². The molecule has 0 atom stereocenters. The van der Waals surface area contributed by atoms with Crippen molar-refractivity contribution in [2.24, 2.45) is 0 Å². The van der Waals surface area contributed by atoms with Crippen LogP contribution in [0.4, 0.5) is 0 Å². The smallest absolute Gasteiger partial charge is 0 e. The molecule has 2 aliphatic rings. The summed E-state index contributed by atoms with van der Waals surface area (Å²) >= 11 is 0. The van der Waals surface area contributed by atoms with E-state index in [4.69, 9.17) is 0 Å². The van der Waals surface area contributed by atoms with Gasteiger partial charge in [-0.15, -0.1) is 8.58 Å². The summed E-state index contributed by atoms with van der Waals surface area (Å²) in [5.74, 6) is 0. The van der Waals surface area contributed by atoms with Crippen molar-refractivity contribution in [3.05, 3.63) is 0 Å². The molecule has 0 aromatic carbocycles. The van der Waals surface area contributed by atoms with Gasteiger partial charge in [-0.1, -0.05) is 38.5 Å². The molecule has 0 bridgehead atoms. The maximum atomic E-state index is 1.56. The SMILES string of the molecule is C1CCC(PC2CCCCC2)CC1.[Pd]. The Morgan fingerprint density at radius 3 is 1.29 bits per heavy atom. The Hall–Kier alpha value is 1.09. The van der Waals surface area contributed by atoms with Gasteiger partial charge in [0, 0.05) is 20.4 Å². The van der Waals surface area contributed by atoms with Crippen molar-refractivity contribution in [2.45, 2.75) is 75.5 Å². The van der Waals surface area contributed by atoms with Crippen molar-refractivity contribution < 1.29 is 20.4 Å². The van der Waals surface area contributed by atoms with E-state index in [1.165, 1.54) is 47.1 Å². The number of hydrogen-bond acceptors (Lipinski definition) is 0. The minimum Gasteiger partial charge on any atom is -0.116 e. The molecule has 86 valence electrons. The van der Waals surface area contributed by atoms with Gasteiger partial charge >= 0.3 is 0 Å². The first kappa shape index (κ1) is 13.2. The molecule has 2 rings (SSSR count). The predicted octanol–water partition coefficient (Wildman–Crippen LogP) is 4.33. The van der Waals surface area contributed by atoms with Gasteiger partial charge < -0.3 is 0 Å². The van der Waals surface area contributed by atoms with Gasteiger partial charge in [0.1, 0.15) is 0 Å². The molecule has 0 N–H and O–H groups in total. The number of hydrogen-bond donors (Lipinski definition) is 0. The molecule has 0 heterocycles. The maximum Gasteiger partial charge on any atom is 0 e. The van der Waals surface area contributed by atoms with Gasteiger partial charge in [0.15, 0.2) is 0 Å². The van der Waals surface area contributed by atoms with Crippen LogP contribution >= 0.6 is 8.58 Å². The van der Waals surface area contributed by atoms with Crippen molar-refractivity contribution in [3.63, 3.8) is 0 Å². The summed E-state index contributed by atoms with van der Waals surface area (Å²) in [7, 11) is 1.33. The van der Waals surface area contributed by atoms with Crippen LogP contribution in [0.15, 0.2) is 0 Å². The summed E-state index contributed by atoms with van der Waals surface area (Å²) in [6.07, 6.45) is 15.4. The van der Waals surface area contributed by atoms with Crippen LogP contribution in [-0.4, -0.2) is 11.3 Å². The van der Waals surface area contributed by atoms with Crippen LogP contribution in [0.2, 0.25) is 0 Å². The Morgan fingerprint density at radius 2 is 0.929 bits per heavy atom. The second-order valence-electron chi connectivity index (χ2n) is 4.84. The summed E-state index contributed by atoms with van der Waals surface area (Å²) in [4.78, 5) is 0. The van der Waals surface area contributed by atoms with Crippen molar-refractivity contribution in [1.29, 1.82) is 0 Å². The fraction of sp³-hybridized carbons (Fsp3) is 1.00. The van der Waals surface area contributed by atoms with E-state index in [0.29, 0.717) is 0 Å². The van der Waals surface area contributed by atoms with Crippen LogP contribution in [0.3, 0.4) is 0 Å². The van der Waals surface area contributed by atoms with Crippen LogP contribution in [0.5, 0.6) is 0 Å². The molecule has 0 amide bonds. The third-order valence-corrected chi connectivity index (χ3v) is 5.78. The first-order chi connectivity index (χ1) is 6.45. The molecule has 0 spiro atoms. The molecule has 0 radical (unpaired) electrons. The minimum absolute atomic E-state index is 0. The van der Waals surface area contributed by atoms with Crippen LogP contribution in [0.25, 0.3) is 0 Å². The fourth-order valence-electron chi connectivity index (χ4n) is 2.87. The normalized spacial score (nSPS) is 25.7. The molecule has 2 saturated carbocycles. The van der Waals surface area contributed by atoms with Crippen molar-refractivity contribution >= 4 is 8.58 Å². The van der Waals surface area contributed by atoms with E-state index in [9.17, 15) is 0 Å². The predicted molar refractivity (Wildman–Crippen MR) is 62.1 cm³/mol. The number of rotatable bonds is 2. The molecular weight excluding hydrogens is 282 g/mol. The average Bonchev–Trinajstić information content (AvgIpc) is 2.21. The minimum atomic E-state index is 0. The summed E-state index contributed by atoms with van der Waals surface area (Å²) in [6, 6.07) is 0. The quantitative estimate of drug-likeness (QED) is 0.526. The first-order valence-electron chi connectivity index (χ1n) is 6.21. The Morgan fingerprint density at radius 1 is 0.571 bits per heavy atom. The Bertz CT molecular complexity index is 121. The monoisotopic (exact) mass is 304 g/mol. The van der Waals surface area contributed by atoms with Gasteiger partial charge in [-0.3, -0.25) is 0 Å². The second kappa shape index (κ2) is 7.38. The maximum absolute atomic E-state index is 1.56. The fourth-order valence-corrected chi connectivity index (χ4v) is 5.02. The van der Waals surface area contributed by atoms with E-state index in [2.05, 4.69) is 0 Å². The zero-order chi connectivity index (χ0) is 8.93. The van der Waals surface area contributed by atoms with Gasteiger partial charge in [0.25, 0.3) is 0 Å². The average molecular weight is 305 g/mol. The molecule has 2 fully saturated rings. The molecule has 0 aromatic rings. The second-order valence-corrected chi connectivity index (χ2v) is 6.80. The summed E-state index contributed by atoms with van der Waals surface area (Å²) in [5, 5.41) is 0. The zero-order valence-corrected chi connectivity index (χ0v) is 11.6. The molecule has 2 heteroatoms. The van der Waals surface area contributed by atoms with Gasteiger partial charge in [0.05, 0.1) is 0 Å². The van der Waals surface area contributed by atoms with Crippen molar-refractivity contribution in [2.75, 3.05) is 0 Å². The molecular formula is C12H23PPd. The van der Waals surface area contributed by atoms with Gasteiger partial charge in [-0.05, 0) is 37.0 Å². The zero-order valence-electron chi connectivity index (χ0n) is 9.04. The van der Waals surface area contributed by atoms with Crippen LogP contribution in [-0.2, 0) is 20.4 Å². The third-order valence-electron chi connectivity index (χ3n) is 3.68. The van der Waals surface area contributed by atoms with E-state index in [1.54, 1.807) is 25.7 Å². The molecule has 0 saturated heterocycles. The molecule has 0 aliphatic heterocycles. The van der Waals surface area contributed by atoms with Gasteiger partial charge in [-0.2, -0.15) is 0 Å². The molecule has 0 unspecified atom stereocenters. The summed E-state index contributed by atoms with van der Waals surface area (Å²) in [6.45, 7) is 0. The van der Waals surface area contributed by atoms with Crippen molar-refractivity contribution in [3.8, 4) is 0 Å². The van der Waals surface area contributed by atoms with Crippen molar-refractivity contribution in [1.82, 2.24) is 0 Å². The van der Waals surface area contributed by atoms with E-state index >= 15 is 0 Å². The Kier molecular flexibility index (Phi) is 6.94. The first-order valence-corrected chi connectivity index (χ1v) is 7.37. The Labute approximate surface area is 104 Å². The van der Waals surface area contributed by atoms with E-state index in [-0.39, 0.29) is 20.4 Å². The molecule has 14 heavy (non-hydrogen) atoms. The standard InChI is InChI=1S/C12H23P.Pd/c1-3-7-11(8-4-1)13-12-9-5-2-6-10-12;/h11-13H,1-10H2;. The Balaban J connectivity index is 0.000000980. The summed E-state index contributed by atoms with van der Waals surface area (Å²) < 4.78 is 0. The molecule has 2 aliphatic carbocycles. The van der Waals surface area contributed by atoms with Gasteiger partial charge in [-0.25, -0.2) is 0 Å². The summed E-state index contributed by atoms with van der Waals surface area (Å²) in [5.41, 5.74) is 2.30. The van der Waals surface area contributed by atoms with Crippen LogP contribution in [0.1, 0.15) is 64.2 Å².